The van der Waals surface area contributed by atoms with Crippen molar-refractivity contribution >= 4 is 16.7 Å². The zero-order valence-corrected chi connectivity index (χ0v) is 9.31. The van der Waals surface area contributed by atoms with E-state index in [1.54, 1.807) is 0 Å². The minimum absolute atomic E-state index is 0.183. The zero-order chi connectivity index (χ0) is 11.5. The quantitative estimate of drug-likeness (QED) is 0.837. The van der Waals surface area contributed by atoms with Gasteiger partial charge in [0.2, 0.25) is 5.91 Å². The Kier molecular flexibility index (Phi) is 2.91. The molecule has 2 rings (SSSR count). The van der Waals surface area contributed by atoms with Gasteiger partial charge in [-0.2, -0.15) is 0 Å². The van der Waals surface area contributed by atoms with Crippen LogP contribution in [0.1, 0.15) is 24.8 Å². The molecule has 0 aliphatic heterocycles. The Morgan fingerprint density at radius 2 is 1.88 bits per heavy atom. The third kappa shape index (κ3) is 2.22. The molecule has 2 heteroatoms. The molecule has 0 heterocycles. The molecule has 16 heavy (non-hydrogen) atoms. The summed E-state index contributed by atoms with van der Waals surface area (Å²) in [5.74, 6) is -0.0669. The maximum atomic E-state index is 10.9. The number of primary amides is 1. The Morgan fingerprint density at radius 1 is 1.19 bits per heavy atom. The van der Waals surface area contributed by atoms with Crippen LogP contribution in [-0.2, 0) is 4.79 Å². The van der Waals surface area contributed by atoms with Crippen LogP contribution < -0.4 is 5.73 Å². The highest BCUT2D eigenvalue weighted by molar-refractivity contribution is 5.83. The molecule has 0 aliphatic carbocycles. The second-order valence-electron chi connectivity index (χ2n) is 4.18. The van der Waals surface area contributed by atoms with Gasteiger partial charge in [0.1, 0.15) is 0 Å². The third-order valence-electron chi connectivity index (χ3n) is 2.85. The molecule has 0 radical (unpaired) electrons. The molecule has 2 aromatic rings. The van der Waals surface area contributed by atoms with Gasteiger partial charge in [-0.25, -0.2) is 0 Å². The minimum Gasteiger partial charge on any atom is -0.370 e. The van der Waals surface area contributed by atoms with Gasteiger partial charge in [-0.1, -0.05) is 49.4 Å². The number of carbonyl (C=O) groups is 1. The lowest BCUT2D eigenvalue weighted by Gasteiger charge is -2.10. The first-order valence-electron chi connectivity index (χ1n) is 5.44. The van der Waals surface area contributed by atoms with Crippen LogP contribution in [0.4, 0.5) is 0 Å². The first-order chi connectivity index (χ1) is 7.66. The molecule has 82 valence electrons. The van der Waals surface area contributed by atoms with Crippen molar-refractivity contribution in [3.05, 3.63) is 48.0 Å². The number of hydrogen-bond acceptors (Lipinski definition) is 1. The lowest BCUT2D eigenvalue weighted by atomic mass is 9.95. The van der Waals surface area contributed by atoms with Crippen molar-refractivity contribution < 1.29 is 4.79 Å². The maximum Gasteiger partial charge on any atom is 0.218 e. The first-order valence-corrected chi connectivity index (χ1v) is 5.44. The standard InChI is InChI=1S/C14H15NO/c1-10(8-14(15)16)12-7-6-11-4-2-3-5-13(11)9-12/h2-7,9-10H,8H2,1H3,(H2,15,16)/t10-/m1/s1. The van der Waals surface area contributed by atoms with Gasteiger partial charge in [0.05, 0.1) is 0 Å². The summed E-state index contributed by atoms with van der Waals surface area (Å²) in [5.41, 5.74) is 6.37. The third-order valence-corrected chi connectivity index (χ3v) is 2.85. The topological polar surface area (TPSA) is 43.1 Å². The van der Waals surface area contributed by atoms with Crippen molar-refractivity contribution in [2.75, 3.05) is 0 Å². The highest BCUT2D eigenvalue weighted by Gasteiger charge is 2.08. The first kappa shape index (κ1) is 10.7. The predicted molar refractivity (Wildman–Crippen MR) is 66.2 cm³/mol. The Hall–Kier alpha value is -1.83. The second kappa shape index (κ2) is 4.35. The average molecular weight is 213 g/mol. The molecular weight excluding hydrogens is 198 g/mol. The summed E-state index contributed by atoms with van der Waals surface area (Å²) in [5, 5.41) is 2.42. The van der Waals surface area contributed by atoms with Crippen molar-refractivity contribution in [3.63, 3.8) is 0 Å². The molecule has 0 unspecified atom stereocenters. The number of fused-ring (bicyclic) bond motifs is 1. The van der Waals surface area contributed by atoms with Gasteiger partial charge in [0, 0.05) is 6.42 Å². The number of hydrogen-bond donors (Lipinski definition) is 1. The van der Waals surface area contributed by atoms with E-state index >= 15 is 0 Å². The number of amides is 1. The van der Waals surface area contributed by atoms with Crippen LogP contribution >= 0.6 is 0 Å². The van der Waals surface area contributed by atoms with Gasteiger partial charge < -0.3 is 5.73 Å². The van der Waals surface area contributed by atoms with Crippen molar-refractivity contribution in [2.24, 2.45) is 5.73 Å². The summed E-state index contributed by atoms with van der Waals surface area (Å²) in [6.07, 6.45) is 0.401. The second-order valence-corrected chi connectivity index (χ2v) is 4.18. The van der Waals surface area contributed by atoms with Crippen LogP contribution in [0.15, 0.2) is 42.5 Å². The van der Waals surface area contributed by atoms with Gasteiger partial charge in [0.15, 0.2) is 0 Å². The lowest BCUT2D eigenvalue weighted by molar-refractivity contribution is -0.118. The predicted octanol–water partition coefficient (Wildman–Crippen LogP) is 2.82. The van der Waals surface area contributed by atoms with E-state index < -0.39 is 0 Å². The number of benzene rings is 2. The molecule has 0 saturated carbocycles. The summed E-state index contributed by atoms with van der Waals surface area (Å²) < 4.78 is 0. The molecule has 2 N–H and O–H groups in total. The van der Waals surface area contributed by atoms with Crippen LogP contribution in [0.2, 0.25) is 0 Å². The van der Waals surface area contributed by atoms with Gasteiger partial charge >= 0.3 is 0 Å². The average Bonchev–Trinajstić information content (AvgIpc) is 2.27. The summed E-state index contributed by atoms with van der Waals surface area (Å²) in [6, 6.07) is 14.5. The molecular formula is C14H15NO. The number of rotatable bonds is 3. The minimum atomic E-state index is -0.249. The monoisotopic (exact) mass is 213 g/mol. The van der Waals surface area contributed by atoms with Crippen LogP contribution in [0.5, 0.6) is 0 Å². The fourth-order valence-electron chi connectivity index (χ4n) is 1.93. The Labute approximate surface area is 95.1 Å². The Balaban J connectivity index is 2.35. The van der Waals surface area contributed by atoms with Crippen molar-refractivity contribution in [2.45, 2.75) is 19.3 Å². The van der Waals surface area contributed by atoms with E-state index in [4.69, 9.17) is 5.73 Å². The fourth-order valence-corrected chi connectivity index (χ4v) is 1.93. The summed E-state index contributed by atoms with van der Waals surface area (Å²) in [4.78, 5) is 10.9. The van der Waals surface area contributed by atoms with E-state index in [2.05, 4.69) is 30.3 Å². The maximum absolute atomic E-state index is 10.9. The molecule has 1 atom stereocenters. The molecule has 0 aliphatic rings. The zero-order valence-electron chi connectivity index (χ0n) is 9.31. The highest BCUT2D eigenvalue weighted by atomic mass is 16.1. The van der Waals surface area contributed by atoms with E-state index in [1.807, 2.05) is 19.1 Å². The molecule has 2 aromatic carbocycles. The van der Waals surface area contributed by atoms with Crippen molar-refractivity contribution in [1.82, 2.24) is 0 Å². The van der Waals surface area contributed by atoms with Gasteiger partial charge in [-0.3, -0.25) is 4.79 Å². The Bertz CT molecular complexity index is 519. The van der Waals surface area contributed by atoms with Crippen LogP contribution in [0.3, 0.4) is 0 Å². The highest BCUT2D eigenvalue weighted by Crippen LogP contribution is 2.23. The number of carbonyl (C=O) groups excluding carboxylic acids is 1. The van der Waals surface area contributed by atoms with Gasteiger partial charge in [-0.15, -0.1) is 0 Å². The van der Waals surface area contributed by atoms with Gasteiger partial charge in [0.25, 0.3) is 0 Å². The van der Waals surface area contributed by atoms with E-state index in [1.165, 1.54) is 10.8 Å². The smallest absolute Gasteiger partial charge is 0.218 e. The normalized spacial score (nSPS) is 12.6. The molecule has 0 aromatic heterocycles. The molecule has 0 fully saturated rings. The van der Waals surface area contributed by atoms with Crippen LogP contribution in [0.25, 0.3) is 10.8 Å². The SMILES string of the molecule is C[C@H](CC(N)=O)c1ccc2ccccc2c1. The summed E-state index contributed by atoms with van der Waals surface area (Å²) >= 11 is 0. The van der Waals surface area contributed by atoms with E-state index in [9.17, 15) is 4.79 Å². The van der Waals surface area contributed by atoms with Crippen LogP contribution in [-0.4, -0.2) is 5.91 Å². The largest absolute Gasteiger partial charge is 0.370 e. The van der Waals surface area contributed by atoms with Crippen molar-refractivity contribution in [3.8, 4) is 0 Å². The van der Waals surface area contributed by atoms with Crippen LogP contribution in [0, 0.1) is 0 Å². The fraction of sp³-hybridized carbons (Fsp3) is 0.214. The number of nitrogens with two attached hydrogens (primary N) is 1. The van der Waals surface area contributed by atoms with E-state index in [-0.39, 0.29) is 11.8 Å². The Morgan fingerprint density at radius 3 is 2.56 bits per heavy atom. The molecule has 0 bridgehead atoms. The van der Waals surface area contributed by atoms with E-state index in [0.29, 0.717) is 6.42 Å². The van der Waals surface area contributed by atoms with Gasteiger partial charge in [-0.05, 0) is 22.3 Å². The molecule has 1 amide bonds. The van der Waals surface area contributed by atoms with Crippen molar-refractivity contribution in [1.29, 1.82) is 0 Å². The summed E-state index contributed by atoms with van der Waals surface area (Å²) in [7, 11) is 0. The molecule has 0 saturated heterocycles. The molecule has 0 spiro atoms. The molecule has 2 nitrogen and oxygen atoms in total. The summed E-state index contributed by atoms with van der Waals surface area (Å²) in [6.45, 7) is 2.02. The van der Waals surface area contributed by atoms with E-state index in [0.717, 1.165) is 5.56 Å². The lowest BCUT2D eigenvalue weighted by Crippen LogP contribution is -2.13.